The highest BCUT2D eigenvalue weighted by Crippen LogP contribution is 2.76. The summed E-state index contributed by atoms with van der Waals surface area (Å²) in [5.41, 5.74) is -1.06. The molecule has 1 aromatic carbocycles. The molecule has 2 N–H and O–H groups in total. The van der Waals surface area contributed by atoms with E-state index in [1.807, 2.05) is 45.0 Å². The summed E-state index contributed by atoms with van der Waals surface area (Å²) >= 11 is 0. The Labute approximate surface area is 217 Å². The van der Waals surface area contributed by atoms with Gasteiger partial charge in [0, 0.05) is 22.7 Å². The molecule has 0 spiro atoms. The Hall–Kier alpha value is -2.35. The molecular formula is C30H36FNO5. The molecule has 1 aromatic rings. The fourth-order valence-corrected chi connectivity index (χ4v) is 9.28. The van der Waals surface area contributed by atoms with Crippen LogP contribution in [0.1, 0.15) is 45.6 Å². The van der Waals surface area contributed by atoms with Crippen LogP contribution in [0.25, 0.3) is 0 Å². The van der Waals surface area contributed by atoms with Gasteiger partial charge >= 0.3 is 0 Å². The van der Waals surface area contributed by atoms with Crippen LogP contribution in [-0.2, 0) is 14.4 Å². The molecule has 198 valence electrons. The second-order valence-electron chi connectivity index (χ2n) is 12.7. The van der Waals surface area contributed by atoms with E-state index in [1.165, 1.54) is 12.2 Å². The average molecular weight is 510 g/mol. The topological polar surface area (TPSA) is 87.1 Å². The molecule has 6 nitrogen and oxygen atoms in total. The number of ketones is 2. The molecule has 4 aliphatic carbocycles. The van der Waals surface area contributed by atoms with Gasteiger partial charge in [0.25, 0.3) is 0 Å². The maximum absolute atomic E-state index is 15.8. The summed E-state index contributed by atoms with van der Waals surface area (Å²) in [4.78, 5) is 32.5. The highest BCUT2D eigenvalue weighted by atomic mass is 19.1. The largest absolute Gasteiger partial charge is 0.393 e. The number of allylic oxidation sites excluding steroid dienone is 4. The molecule has 7 heteroatoms. The van der Waals surface area contributed by atoms with Crippen molar-refractivity contribution in [1.82, 2.24) is 0 Å². The first-order chi connectivity index (χ1) is 17.4. The lowest BCUT2D eigenvalue weighted by molar-refractivity contribution is -0.216. The minimum absolute atomic E-state index is 0.189. The SMILES string of the molecule is Cc1ccc(N2CC3CC4(C)C5CC(F)C6=CC(=O)C=CC6(C)C5C(O)CC4(C)C3(C(=O)CO)O2)cc1. The first-order valence-corrected chi connectivity index (χ1v) is 13.4. The number of aryl methyl sites for hydroxylation is 1. The lowest BCUT2D eigenvalue weighted by Crippen LogP contribution is -2.67. The maximum atomic E-state index is 15.8. The molecule has 1 heterocycles. The van der Waals surface area contributed by atoms with E-state index in [1.54, 1.807) is 11.1 Å². The minimum atomic E-state index is -1.32. The summed E-state index contributed by atoms with van der Waals surface area (Å²) in [6.07, 6.45) is 3.64. The number of aliphatic hydroxyl groups is 2. The van der Waals surface area contributed by atoms with Crippen molar-refractivity contribution in [2.75, 3.05) is 18.2 Å². The van der Waals surface area contributed by atoms with Crippen LogP contribution in [0.2, 0.25) is 0 Å². The van der Waals surface area contributed by atoms with Crippen LogP contribution in [0.15, 0.2) is 48.1 Å². The fraction of sp³-hybridized carbons (Fsp3) is 0.600. The molecule has 0 aromatic heterocycles. The van der Waals surface area contributed by atoms with Crippen molar-refractivity contribution in [2.45, 2.75) is 64.8 Å². The number of anilines is 1. The van der Waals surface area contributed by atoms with Crippen molar-refractivity contribution < 1.29 is 29.0 Å². The summed E-state index contributed by atoms with van der Waals surface area (Å²) in [6.45, 7) is 7.88. The monoisotopic (exact) mass is 509 g/mol. The lowest BCUT2D eigenvalue weighted by Gasteiger charge is -2.64. The fourth-order valence-electron chi connectivity index (χ4n) is 9.28. The van der Waals surface area contributed by atoms with E-state index in [0.717, 1.165) is 11.3 Å². The zero-order valence-electron chi connectivity index (χ0n) is 21.9. The van der Waals surface area contributed by atoms with Crippen LogP contribution >= 0.6 is 0 Å². The van der Waals surface area contributed by atoms with Gasteiger partial charge in [0.1, 0.15) is 12.8 Å². The van der Waals surface area contributed by atoms with E-state index < -0.39 is 40.7 Å². The number of hydroxylamine groups is 1. The van der Waals surface area contributed by atoms with Crippen LogP contribution in [0.5, 0.6) is 0 Å². The number of Topliss-reactive ketones (excluding diaryl/α,β-unsaturated/α-hetero) is 1. The van der Waals surface area contributed by atoms with Crippen molar-refractivity contribution in [2.24, 2.45) is 34.0 Å². The van der Waals surface area contributed by atoms with Gasteiger partial charge in [-0.25, -0.2) is 4.39 Å². The van der Waals surface area contributed by atoms with Crippen LogP contribution in [0.4, 0.5) is 10.1 Å². The zero-order chi connectivity index (χ0) is 26.5. The number of carbonyl (C=O) groups excluding carboxylic acids is 2. The first-order valence-electron chi connectivity index (χ1n) is 13.4. The molecule has 9 unspecified atom stereocenters. The van der Waals surface area contributed by atoms with Crippen LogP contribution in [0.3, 0.4) is 0 Å². The average Bonchev–Trinajstić information content (AvgIpc) is 3.31. The number of hydrogen-bond acceptors (Lipinski definition) is 6. The van der Waals surface area contributed by atoms with Gasteiger partial charge in [-0.15, -0.1) is 0 Å². The van der Waals surface area contributed by atoms with Gasteiger partial charge in [0.15, 0.2) is 17.2 Å². The molecule has 0 bridgehead atoms. The highest BCUT2D eigenvalue weighted by Gasteiger charge is 2.79. The Kier molecular flexibility index (Phi) is 5.29. The van der Waals surface area contributed by atoms with E-state index in [-0.39, 0.29) is 42.2 Å². The molecule has 0 radical (unpaired) electrons. The number of nitrogens with zero attached hydrogens (tertiary/aromatic N) is 1. The quantitative estimate of drug-likeness (QED) is 0.643. The van der Waals surface area contributed by atoms with E-state index in [2.05, 4.69) is 6.92 Å². The number of halogens is 1. The Morgan fingerprint density at radius 2 is 1.89 bits per heavy atom. The number of rotatable bonds is 3. The van der Waals surface area contributed by atoms with Crippen molar-refractivity contribution in [1.29, 1.82) is 0 Å². The second-order valence-corrected chi connectivity index (χ2v) is 12.7. The van der Waals surface area contributed by atoms with Crippen molar-refractivity contribution in [3.8, 4) is 0 Å². The Morgan fingerprint density at radius 3 is 2.57 bits per heavy atom. The van der Waals surface area contributed by atoms with Gasteiger partial charge in [-0.05, 0) is 67.4 Å². The third kappa shape index (κ3) is 2.96. The Morgan fingerprint density at radius 1 is 1.19 bits per heavy atom. The third-order valence-electron chi connectivity index (χ3n) is 11.1. The van der Waals surface area contributed by atoms with Gasteiger partial charge in [0.05, 0.1) is 18.3 Å². The van der Waals surface area contributed by atoms with Crippen molar-refractivity contribution in [3.05, 3.63) is 53.6 Å². The molecule has 4 fully saturated rings. The second kappa shape index (κ2) is 7.84. The van der Waals surface area contributed by atoms with Crippen molar-refractivity contribution >= 4 is 17.3 Å². The standard InChI is InChI=1S/C30H36FNO5/c1-17-5-7-19(8-6-17)32-15-18-13-28(3)22-12-23(31)21-11-20(34)9-10-27(21,2)26(22)24(35)14-29(28,4)30(18,37-32)25(36)16-33/h5-11,18,22-24,26,33,35H,12-16H2,1-4H3. The van der Waals surface area contributed by atoms with Gasteiger partial charge in [-0.2, -0.15) is 0 Å². The highest BCUT2D eigenvalue weighted by molar-refractivity contribution is 6.01. The van der Waals surface area contributed by atoms with Crippen molar-refractivity contribution in [3.63, 3.8) is 0 Å². The summed E-state index contributed by atoms with van der Waals surface area (Å²) < 4.78 is 15.8. The summed E-state index contributed by atoms with van der Waals surface area (Å²) in [6, 6.07) is 7.90. The van der Waals surface area contributed by atoms with Gasteiger partial charge in [0.2, 0.25) is 0 Å². The van der Waals surface area contributed by atoms with Crippen LogP contribution in [-0.4, -0.2) is 52.8 Å². The van der Waals surface area contributed by atoms with Gasteiger partial charge in [-0.3, -0.25) is 19.5 Å². The zero-order valence-corrected chi connectivity index (χ0v) is 21.9. The number of aliphatic hydroxyl groups excluding tert-OH is 2. The number of benzene rings is 1. The van der Waals surface area contributed by atoms with Gasteiger partial charge in [-0.1, -0.05) is 44.5 Å². The smallest absolute Gasteiger partial charge is 0.193 e. The molecule has 37 heavy (non-hydrogen) atoms. The van der Waals surface area contributed by atoms with E-state index in [0.29, 0.717) is 18.5 Å². The Balaban J connectivity index is 1.45. The first kappa shape index (κ1) is 25.0. The molecule has 0 amide bonds. The molecular weight excluding hydrogens is 473 g/mol. The lowest BCUT2D eigenvalue weighted by atomic mass is 9.41. The number of alkyl halides is 1. The third-order valence-corrected chi connectivity index (χ3v) is 11.1. The van der Waals surface area contributed by atoms with E-state index >= 15 is 4.39 Å². The molecule has 1 saturated heterocycles. The molecule has 6 rings (SSSR count). The molecule has 1 aliphatic heterocycles. The number of hydrogen-bond donors (Lipinski definition) is 2. The summed E-state index contributed by atoms with van der Waals surface area (Å²) in [5.74, 6) is -1.35. The molecule has 3 saturated carbocycles. The summed E-state index contributed by atoms with van der Waals surface area (Å²) in [7, 11) is 0. The summed E-state index contributed by atoms with van der Waals surface area (Å²) in [5, 5.41) is 23.7. The predicted molar refractivity (Wildman–Crippen MR) is 136 cm³/mol. The van der Waals surface area contributed by atoms with Crippen LogP contribution in [0, 0.1) is 40.9 Å². The van der Waals surface area contributed by atoms with E-state index in [4.69, 9.17) is 4.84 Å². The minimum Gasteiger partial charge on any atom is -0.393 e. The van der Waals surface area contributed by atoms with Gasteiger partial charge < -0.3 is 10.2 Å². The normalized spacial score (nSPS) is 46.1. The number of carbonyl (C=O) groups is 2. The van der Waals surface area contributed by atoms with Crippen LogP contribution < -0.4 is 5.06 Å². The predicted octanol–water partition coefficient (Wildman–Crippen LogP) is 3.89. The molecule has 9 atom stereocenters. The van der Waals surface area contributed by atoms with E-state index in [9.17, 15) is 19.8 Å². The molecule has 5 aliphatic rings. The number of fused-ring (bicyclic) bond motifs is 7. The Bertz CT molecular complexity index is 1230. The maximum Gasteiger partial charge on any atom is 0.193 e.